The first kappa shape index (κ1) is 17.3. The number of aliphatic hydroxyl groups is 1. The largest absolute Gasteiger partial charge is 0.416 e. The maximum atomic E-state index is 12.9. The summed E-state index contributed by atoms with van der Waals surface area (Å²) in [5.41, 5.74) is -3.68. The lowest BCUT2D eigenvalue weighted by Gasteiger charge is -2.23. The molecule has 0 radical (unpaired) electrons. The Labute approximate surface area is 137 Å². The Bertz CT molecular complexity index is 811. The van der Waals surface area contributed by atoms with Crippen molar-refractivity contribution in [3.05, 3.63) is 64.7 Å². The molecule has 9 heteroatoms. The van der Waals surface area contributed by atoms with Crippen molar-refractivity contribution < 1.29 is 36.2 Å². The van der Waals surface area contributed by atoms with Gasteiger partial charge in [-0.15, -0.1) is 0 Å². The topological polar surface area (TPSA) is 40.5 Å². The maximum absolute atomic E-state index is 12.9. The fraction of sp³-hybridized carbons (Fsp3) is 0.188. The number of anilines is 1. The number of halogens is 6. The number of carbonyl (C=O) groups is 1. The van der Waals surface area contributed by atoms with E-state index in [0.29, 0.717) is 17.0 Å². The van der Waals surface area contributed by atoms with Gasteiger partial charge in [-0.2, -0.15) is 26.3 Å². The van der Waals surface area contributed by atoms with Gasteiger partial charge >= 0.3 is 12.4 Å². The summed E-state index contributed by atoms with van der Waals surface area (Å²) in [4.78, 5) is 12.8. The molecule has 0 aromatic heterocycles. The number of hydrogen-bond acceptors (Lipinski definition) is 2. The molecule has 2 aromatic rings. The van der Waals surface area contributed by atoms with Crippen LogP contribution >= 0.6 is 0 Å². The van der Waals surface area contributed by atoms with Crippen LogP contribution in [0.5, 0.6) is 0 Å². The highest BCUT2D eigenvalue weighted by molar-refractivity contribution is 6.10. The summed E-state index contributed by atoms with van der Waals surface area (Å²) in [6, 6.07) is 6.44. The normalized spacial score (nSPS) is 17.8. The Morgan fingerprint density at radius 1 is 0.880 bits per heavy atom. The van der Waals surface area contributed by atoms with E-state index in [2.05, 4.69) is 0 Å². The van der Waals surface area contributed by atoms with E-state index in [1.165, 1.54) is 24.3 Å². The molecule has 1 unspecified atom stereocenters. The van der Waals surface area contributed by atoms with E-state index >= 15 is 0 Å². The molecule has 1 aliphatic rings. The van der Waals surface area contributed by atoms with Gasteiger partial charge in [0.2, 0.25) is 0 Å². The second-order valence-corrected chi connectivity index (χ2v) is 5.40. The molecule has 0 saturated heterocycles. The number of nitrogens with zero attached hydrogens (tertiary/aromatic N) is 1. The van der Waals surface area contributed by atoms with E-state index in [9.17, 15) is 36.2 Å². The van der Waals surface area contributed by atoms with Crippen molar-refractivity contribution in [2.45, 2.75) is 18.6 Å². The van der Waals surface area contributed by atoms with E-state index in [4.69, 9.17) is 0 Å². The molecule has 0 spiro atoms. The summed E-state index contributed by atoms with van der Waals surface area (Å²) in [5, 5.41) is 10.2. The summed E-state index contributed by atoms with van der Waals surface area (Å²) in [5.74, 6) is -0.879. The lowest BCUT2D eigenvalue weighted by Crippen LogP contribution is -2.28. The smallest absolute Gasteiger partial charge is 0.369 e. The van der Waals surface area contributed by atoms with Crippen molar-refractivity contribution in [1.29, 1.82) is 0 Å². The van der Waals surface area contributed by atoms with E-state index in [1.54, 1.807) is 0 Å². The molecule has 25 heavy (non-hydrogen) atoms. The second kappa shape index (κ2) is 5.48. The van der Waals surface area contributed by atoms with Crippen molar-refractivity contribution in [2.75, 3.05) is 4.90 Å². The number of benzene rings is 2. The summed E-state index contributed by atoms with van der Waals surface area (Å²) < 4.78 is 77.7. The van der Waals surface area contributed by atoms with Gasteiger partial charge in [0.1, 0.15) is 0 Å². The molecule has 0 saturated carbocycles. The minimum atomic E-state index is -5.05. The lowest BCUT2D eigenvalue weighted by molar-refractivity contribution is -0.143. The van der Waals surface area contributed by atoms with E-state index in [-0.39, 0.29) is 17.2 Å². The number of aliphatic hydroxyl groups excluding tert-OH is 1. The molecular formula is C16H9F6NO2. The third kappa shape index (κ3) is 2.95. The fourth-order valence-electron chi connectivity index (χ4n) is 2.63. The van der Waals surface area contributed by atoms with Crippen molar-refractivity contribution in [3.8, 4) is 0 Å². The van der Waals surface area contributed by atoms with Crippen LogP contribution in [0.3, 0.4) is 0 Å². The molecular weight excluding hydrogens is 352 g/mol. The van der Waals surface area contributed by atoms with Crippen LogP contribution in [0.4, 0.5) is 32.0 Å². The van der Waals surface area contributed by atoms with Gasteiger partial charge in [-0.3, -0.25) is 9.69 Å². The molecule has 0 fully saturated rings. The Kier molecular flexibility index (Phi) is 3.79. The van der Waals surface area contributed by atoms with Crippen molar-refractivity contribution in [2.24, 2.45) is 0 Å². The van der Waals surface area contributed by atoms with Crippen LogP contribution in [-0.2, 0) is 12.4 Å². The van der Waals surface area contributed by atoms with Gasteiger partial charge in [-0.05, 0) is 24.3 Å². The van der Waals surface area contributed by atoms with Gasteiger partial charge in [0.15, 0.2) is 6.23 Å². The van der Waals surface area contributed by atoms with Gasteiger partial charge < -0.3 is 5.11 Å². The van der Waals surface area contributed by atoms with E-state index in [1.807, 2.05) is 0 Å². The first-order valence-electron chi connectivity index (χ1n) is 6.90. The summed E-state index contributed by atoms with van der Waals surface area (Å²) in [7, 11) is 0. The predicted octanol–water partition coefficient (Wildman–Crippen LogP) is 4.38. The third-order valence-electron chi connectivity index (χ3n) is 3.78. The zero-order chi connectivity index (χ0) is 18.6. The summed E-state index contributed by atoms with van der Waals surface area (Å²) in [6.07, 6.45) is -11.8. The van der Waals surface area contributed by atoms with Crippen molar-refractivity contribution >= 4 is 11.6 Å². The van der Waals surface area contributed by atoms with E-state index < -0.39 is 41.3 Å². The number of amides is 1. The van der Waals surface area contributed by atoms with Gasteiger partial charge in [0.05, 0.1) is 11.1 Å². The van der Waals surface area contributed by atoms with Crippen LogP contribution in [0.25, 0.3) is 0 Å². The Hall–Kier alpha value is -2.55. The minimum absolute atomic E-state index is 0.0148. The van der Waals surface area contributed by atoms with Crippen LogP contribution in [-0.4, -0.2) is 11.0 Å². The monoisotopic (exact) mass is 361 g/mol. The summed E-state index contributed by atoms with van der Waals surface area (Å²) >= 11 is 0. The highest BCUT2D eigenvalue weighted by Gasteiger charge is 2.41. The van der Waals surface area contributed by atoms with Gasteiger partial charge in [0.25, 0.3) is 5.91 Å². The standard InChI is InChI=1S/C16H9F6NO2/c17-15(18,19)8-5-9(16(20,21)22)7-10(6-8)23-13(24)11-3-1-2-4-12(11)14(23)25/h1-7,13,24H. The minimum Gasteiger partial charge on any atom is -0.369 e. The molecule has 3 nitrogen and oxygen atoms in total. The molecule has 0 bridgehead atoms. The van der Waals surface area contributed by atoms with Crippen LogP contribution in [0, 0.1) is 0 Å². The van der Waals surface area contributed by atoms with Crippen LogP contribution in [0.15, 0.2) is 42.5 Å². The van der Waals surface area contributed by atoms with Gasteiger partial charge in [0, 0.05) is 16.8 Å². The number of rotatable bonds is 1. The van der Waals surface area contributed by atoms with Gasteiger partial charge in [-0.25, -0.2) is 0 Å². The third-order valence-corrected chi connectivity index (χ3v) is 3.78. The molecule has 1 aliphatic heterocycles. The zero-order valence-electron chi connectivity index (χ0n) is 12.2. The average molecular weight is 361 g/mol. The number of hydrogen-bond donors (Lipinski definition) is 1. The molecule has 3 rings (SSSR count). The van der Waals surface area contributed by atoms with Crippen LogP contribution in [0.1, 0.15) is 33.3 Å². The molecule has 1 heterocycles. The average Bonchev–Trinajstić information content (AvgIpc) is 2.77. The maximum Gasteiger partial charge on any atom is 0.416 e. The zero-order valence-corrected chi connectivity index (χ0v) is 12.2. The summed E-state index contributed by atoms with van der Waals surface area (Å²) in [6.45, 7) is 0. The predicted molar refractivity (Wildman–Crippen MR) is 74.7 cm³/mol. The first-order valence-corrected chi connectivity index (χ1v) is 6.90. The number of carbonyl (C=O) groups excluding carboxylic acids is 1. The molecule has 2 aromatic carbocycles. The molecule has 132 valence electrons. The Morgan fingerprint density at radius 3 is 1.88 bits per heavy atom. The SMILES string of the molecule is O=C1c2ccccc2C(O)N1c1cc(C(F)(F)F)cc(C(F)(F)F)c1. The first-order chi connectivity index (χ1) is 11.5. The fourth-order valence-corrected chi connectivity index (χ4v) is 2.63. The van der Waals surface area contributed by atoms with Crippen molar-refractivity contribution in [3.63, 3.8) is 0 Å². The number of alkyl halides is 6. The molecule has 1 atom stereocenters. The quantitative estimate of drug-likeness (QED) is 0.766. The Morgan fingerprint density at radius 2 is 1.40 bits per heavy atom. The highest BCUT2D eigenvalue weighted by Crippen LogP contribution is 2.42. The van der Waals surface area contributed by atoms with Crippen LogP contribution in [0.2, 0.25) is 0 Å². The molecule has 0 aliphatic carbocycles. The molecule has 1 N–H and O–H groups in total. The second-order valence-electron chi connectivity index (χ2n) is 5.40. The lowest BCUT2D eigenvalue weighted by atomic mass is 10.1. The molecule has 1 amide bonds. The Balaban J connectivity index is 2.16. The van der Waals surface area contributed by atoms with Crippen molar-refractivity contribution in [1.82, 2.24) is 0 Å². The highest BCUT2D eigenvalue weighted by atomic mass is 19.4. The van der Waals surface area contributed by atoms with Gasteiger partial charge in [-0.1, -0.05) is 18.2 Å². The van der Waals surface area contributed by atoms with Crippen LogP contribution < -0.4 is 4.90 Å². The van der Waals surface area contributed by atoms with E-state index in [0.717, 1.165) is 0 Å². The number of fused-ring (bicyclic) bond motifs is 1.